The van der Waals surface area contributed by atoms with Crippen molar-refractivity contribution in [1.82, 2.24) is 9.88 Å². The second kappa shape index (κ2) is 7.99. The van der Waals surface area contributed by atoms with E-state index in [1.54, 1.807) is 35.2 Å². The Morgan fingerprint density at radius 3 is 2.60 bits per heavy atom. The largest absolute Gasteiger partial charge is 0.465 e. The smallest absolute Gasteiger partial charge is 0.339 e. The van der Waals surface area contributed by atoms with Crippen LogP contribution in [0.2, 0.25) is 5.02 Å². The minimum Gasteiger partial charge on any atom is -0.465 e. The van der Waals surface area contributed by atoms with Crippen LogP contribution in [0.1, 0.15) is 33.2 Å². The van der Waals surface area contributed by atoms with E-state index in [1.165, 1.54) is 7.11 Å². The van der Waals surface area contributed by atoms with Gasteiger partial charge in [0.1, 0.15) is 12.1 Å². The first-order chi connectivity index (χ1) is 17.0. The molecule has 0 unspecified atom stereocenters. The summed E-state index contributed by atoms with van der Waals surface area (Å²) in [5.74, 6) is -0.997. The van der Waals surface area contributed by atoms with Gasteiger partial charge in [-0.05, 0) is 41.5 Å². The number of para-hydroxylation sites is 2. The van der Waals surface area contributed by atoms with Crippen LogP contribution in [-0.4, -0.2) is 40.9 Å². The van der Waals surface area contributed by atoms with E-state index in [0.29, 0.717) is 11.4 Å². The maximum absolute atomic E-state index is 13.9. The summed E-state index contributed by atoms with van der Waals surface area (Å²) in [7, 11) is 1.27. The van der Waals surface area contributed by atoms with E-state index in [4.69, 9.17) is 16.3 Å². The third kappa shape index (κ3) is 3.15. The van der Waals surface area contributed by atoms with E-state index in [-0.39, 0.29) is 17.2 Å². The minimum atomic E-state index is -0.733. The number of imide groups is 1. The summed E-state index contributed by atoms with van der Waals surface area (Å²) in [5.41, 5.74) is 3.95. The maximum atomic E-state index is 13.9. The van der Waals surface area contributed by atoms with Gasteiger partial charge in [0.05, 0.1) is 18.4 Å². The summed E-state index contributed by atoms with van der Waals surface area (Å²) >= 11 is 6.33. The Morgan fingerprint density at radius 2 is 1.80 bits per heavy atom. The number of hydrogen-bond acceptors (Lipinski definition) is 4. The summed E-state index contributed by atoms with van der Waals surface area (Å²) in [6.45, 7) is 0. The number of anilines is 1. The SMILES string of the molecule is COC(=O)c1ccccc1N1C(=O)[C@@H]2Cc3c([nH]c4ccccc34)[C@@H](c3cccc(Cl)c3)N2C1=O. The number of carbonyl (C=O) groups is 3. The van der Waals surface area contributed by atoms with Crippen molar-refractivity contribution in [3.05, 3.63) is 100 Å². The second-order valence-corrected chi connectivity index (χ2v) is 9.05. The highest BCUT2D eigenvalue weighted by molar-refractivity contribution is 6.30. The molecule has 7 nitrogen and oxygen atoms in total. The van der Waals surface area contributed by atoms with Gasteiger partial charge in [-0.2, -0.15) is 0 Å². The number of aromatic nitrogens is 1. The number of hydrogen-bond donors (Lipinski definition) is 1. The lowest BCUT2D eigenvalue weighted by Crippen LogP contribution is -2.44. The van der Waals surface area contributed by atoms with Crippen LogP contribution >= 0.6 is 11.6 Å². The van der Waals surface area contributed by atoms with Crippen LogP contribution in [0.3, 0.4) is 0 Å². The molecule has 1 aromatic heterocycles. The van der Waals surface area contributed by atoms with Gasteiger partial charge in [-0.1, -0.05) is 54.1 Å². The number of rotatable bonds is 3. The molecule has 0 aliphatic carbocycles. The molecule has 2 aliphatic heterocycles. The monoisotopic (exact) mass is 485 g/mol. The third-order valence-electron chi connectivity index (χ3n) is 6.76. The first-order valence-electron chi connectivity index (χ1n) is 11.2. The van der Waals surface area contributed by atoms with Gasteiger partial charge in [-0.3, -0.25) is 9.69 Å². The van der Waals surface area contributed by atoms with Gasteiger partial charge in [0.15, 0.2) is 0 Å². The van der Waals surface area contributed by atoms with Crippen LogP contribution in [0.5, 0.6) is 0 Å². The number of urea groups is 1. The number of halogens is 1. The Bertz CT molecular complexity index is 1530. The topological polar surface area (TPSA) is 82.7 Å². The molecule has 3 heterocycles. The van der Waals surface area contributed by atoms with Crippen LogP contribution < -0.4 is 4.90 Å². The van der Waals surface area contributed by atoms with Crippen molar-refractivity contribution in [2.75, 3.05) is 12.0 Å². The maximum Gasteiger partial charge on any atom is 0.339 e. The molecule has 1 fully saturated rings. The van der Waals surface area contributed by atoms with Crippen LogP contribution in [0, 0.1) is 0 Å². The molecule has 0 spiro atoms. The van der Waals surface area contributed by atoms with E-state index in [9.17, 15) is 14.4 Å². The van der Waals surface area contributed by atoms with Gasteiger partial charge in [0, 0.05) is 28.0 Å². The van der Waals surface area contributed by atoms with Crippen LogP contribution in [-0.2, 0) is 16.0 Å². The molecule has 8 heteroatoms. The molecular weight excluding hydrogens is 466 g/mol. The van der Waals surface area contributed by atoms with Crippen LogP contribution in [0.4, 0.5) is 10.5 Å². The Hall–Kier alpha value is -4.10. The molecule has 2 aliphatic rings. The molecule has 0 radical (unpaired) electrons. The first-order valence-corrected chi connectivity index (χ1v) is 11.6. The number of amides is 3. The number of benzene rings is 3. The minimum absolute atomic E-state index is 0.153. The molecule has 2 atom stereocenters. The Balaban J connectivity index is 1.55. The number of fused-ring (bicyclic) bond motifs is 4. The van der Waals surface area contributed by atoms with Gasteiger partial charge in [-0.15, -0.1) is 0 Å². The molecule has 3 aromatic carbocycles. The van der Waals surface area contributed by atoms with Gasteiger partial charge in [0.2, 0.25) is 0 Å². The predicted molar refractivity (Wildman–Crippen MR) is 132 cm³/mol. The highest BCUT2D eigenvalue weighted by Crippen LogP contribution is 2.45. The van der Waals surface area contributed by atoms with Crippen LogP contribution in [0.15, 0.2) is 72.8 Å². The number of methoxy groups -OCH3 is 1. The molecule has 0 saturated carbocycles. The fourth-order valence-corrected chi connectivity index (χ4v) is 5.47. The Labute approximate surface area is 205 Å². The van der Waals surface area contributed by atoms with Crippen molar-refractivity contribution in [3.63, 3.8) is 0 Å². The van der Waals surface area contributed by atoms with E-state index in [1.807, 2.05) is 42.5 Å². The number of carbonyl (C=O) groups excluding carboxylic acids is 3. The molecule has 174 valence electrons. The number of esters is 1. The molecule has 3 amide bonds. The van der Waals surface area contributed by atoms with Gasteiger partial charge in [-0.25, -0.2) is 14.5 Å². The van der Waals surface area contributed by atoms with Gasteiger partial charge in [0.25, 0.3) is 5.91 Å². The predicted octanol–water partition coefficient (Wildman–Crippen LogP) is 5.09. The lowest BCUT2D eigenvalue weighted by atomic mass is 9.89. The fourth-order valence-electron chi connectivity index (χ4n) is 5.27. The average molecular weight is 486 g/mol. The van der Waals surface area contributed by atoms with E-state index in [0.717, 1.165) is 32.6 Å². The third-order valence-corrected chi connectivity index (χ3v) is 7.00. The number of ether oxygens (including phenoxy) is 1. The molecule has 35 heavy (non-hydrogen) atoms. The molecule has 1 saturated heterocycles. The number of nitrogens with one attached hydrogen (secondary N) is 1. The molecule has 1 N–H and O–H groups in total. The van der Waals surface area contributed by atoms with Crippen LogP contribution in [0.25, 0.3) is 10.9 Å². The quantitative estimate of drug-likeness (QED) is 0.323. The average Bonchev–Trinajstić information content (AvgIpc) is 3.36. The van der Waals surface area contributed by atoms with Crippen molar-refractivity contribution in [1.29, 1.82) is 0 Å². The van der Waals surface area contributed by atoms with Crippen molar-refractivity contribution in [3.8, 4) is 0 Å². The van der Waals surface area contributed by atoms with Gasteiger partial charge < -0.3 is 9.72 Å². The Morgan fingerprint density at radius 1 is 1.03 bits per heavy atom. The zero-order valence-electron chi connectivity index (χ0n) is 18.7. The standard InChI is InChI=1S/C27H20ClN3O4/c1-35-26(33)18-10-3-5-12-21(18)31-25(32)22-14-19-17-9-2-4-11-20(17)29-23(19)24(30(22)27(31)34)15-7-6-8-16(28)13-15/h2-13,22,24,29H,14H2,1H3/t22-,24+/m0/s1. The molecule has 6 rings (SSSR count). The summed E-state index contributed by atoms with van der Waals surface area (Å²) in [4.78, 5) is 46.3. The van der Waals surface area contributed by atoms with Crippen molar-refractivity contribution >= 4 is 46.1 Å². The Kier molecular flexibility index (Phi) is 4.89. The zero-order valence-corrected chi connectivity index (χ0v) is 19.5. The van der Waals surface area contributed by atoms with Crippen molar-refractivity contribution in [2.24, 2.45) is 0 Å². The number of H-pyrrole nitrogens is 1. The summed E-state index contributed by atoms with van der Waals surface area (Å²) in [6.07, 6.45) is 0.359. The van der Waals surface area contributed by atoms with E-state index < -0.39 is 24.1 Å². The number of aromatic amines is 1. The van der Waals surface area contributed by atoms with Crippen molar-refractivity contribution in [2.45, 2.75) is 18.5 Å². The highest BCUT2D eigenvalue weighted by Gasteiger charge is 2.53. The normalized spacial score (nSPS) is 19.1. The summed E-state index contributed by atoms with van der Waals surface area (Å²) in [6, 6.07) is 19.9. The number of nitrogens with zero attached hydrogens (tertiary/aromatic N) is 2. The highest BCUT2D eigenvalue weighted by atomic mass is 35.5. The molecular formula is C27H20ClN3O4. The van der Waals surface area contributed by atoms with E-state index >= 15 is 0 Å². The molecule has 0 bridgehead atoms. The molecule has 4 aromatic rings. The van der Waals surface area contributed by atoms with E-state index in [2.05, 4.69) is 4.98 Å². The fraction of sp³-hybridized carbons (Fsp3) is 0.148. The zero-order chi connectivity index (χ0) is 24.3. The van der Waals surface area contributed by atoms with Crippen molar-refractivity contribution < 1.29 is 19.1 Å². The first kappa shape index (κ1) is 21.4. The summed E-state index contributed by atoms with van der Waals surface area (Å²) in [5, 5.41) is 1.55. The lowest BCUT2D eigenvalue weighted by Gasteiger charge is -2.36. The lowest BCUT2D eigenvalue weighted by molar-refractivity contribution is -0.120. The second-order valence-electron chi connectivity index (χ2n) is 8.61. The summed E-state index contributed by atoms with van der Waals surface area (Å²) < 4.78 is 4.89. The van der Waals surface area contributed by atoms with Gasteiger partial charge >= 0.3 is 12.0 Å².